The molecule has 2 aromatic heterocycles. The lowest BCUT2D eigenvalue weighted by molar-refractivity contribution is 0.0399. The number of aromatic nitrogens is 3. The van der Waals surface area contributed by atoms with Crippen molar-refractivity contribution in [2.75, 3.05) is 14.2 Å². The van der Waals surface area contributed by atoms with Gasteiger partial charge in [0.25, 0.3) is 0 Å². The number of nitrogens with two attached hydrogens (primary N) is 1. The normalized spacial score (nSPS) is 26.9. The Morgan fingerprint density at radius 3 is 2.55 bits per heavy atom. The summed E-state index contributed by atoms with van der Waals surface area (Å²) in [7, 11) is 2.70. The van der Waals surface area contributed by atoms with Crippen molar-refractivity contribution in [2.24, 2.45) is 11.7 Å². The maximum atomic E-state index is 11.5. The number of aryl methyl sites for hydroxylation is 1. The third-order valence-electron chi connectivity index (χ3n) is 9.51. The Morgan fingerprint density at radius 1 is 1.15 bits per heavy atom. The van der Waals surface area contributed by atoms with Crippen molar-refractivity contribution in [3.8, 4) is 11.5 Å². The van der Waals surface area contributed by atoms with E-state index in [4.69, 9.17) is 10.7 Å². The number of rotatable bonds is 4. The van der Waals surface area contributed by atoms with E-state index in [1.54, 1.807) is 0 Å². The molecule has 3 N–H and O–H groups in total. The van der Waals surface area contributed by atoms with Crippen molar-refractivity contribution < 1.29 is 14.3 Å². The molecule has 5 heterocycles. The van der Waals surface area contributed by atoms with E-state index in [0.29, 0.717) is 31.7 Å². The highest BCUT2D eigenvalue weighted by molar-refractivity contribution is 5.92. The number of hydrogen-bond donors (Lipinski definition) is 2. The molecule has 2 aromatic carbocycles. The number of para-hydroxylation sites is 1. The Hall–Kier alpha value is -3.07. The molecule has 1 saturated carbocycles. The van der Waals surface area contributed by atoms with E-state index in [2.05, 4.69) is 51.4 Å². The summed E-state index contributed by atoms with van der Waals surface area (Å²) in [6, 6.07) is 16.4. The predicted molar refractivity (Wildman–Crippen MR) is 157 cm³/mol. The molecular weight excluding hydrogens is 505 g/mol. The molecule has 0 amide bonds. The number of alkyl halides is 1. The van der Waals surface area contributed by atoms with Crippen LogP contribution in [-0.2, 0) is 18.7 Å². The summed E-state index contributed by atoms with van der Waals surface area (Å²) in [5.74, 6) is 1.67. The lowest BCUT2D eigenvalue weighted by Crippen LogP contribution is -2.34. The SMILES string of the molecule is CC1(O)CCn2c(-c3cc4ccccc4n3CC3CC3)nc3cc(C=O)cc1c32.CF.CN1C2CCC1C(N)C2. The third kappa shape index (κ3) is 4.56. The minimum absolute atomic E-state index is 0.480. The highest BCUT2D eigenvalue weighted by Crippen LogP contribution is 2.41. The van der Waals surface area contributed by atoms with Gasteiger partial charge in [0.2, 0.25) is 0 Å². The molecule has 4 aliphatic rings. The molecule has 2 bridgehead atoms. The van der Waals surface area contributed by atoms with Crippen LogP contribution < -0.4 is 5.73 Å². The summed E-state index contributed by atoms with van der Waals surface area (Å²) in [6.07, 6.45) is 7.97. The first-order valence-electron chi connectivity index (χ1n) is 14.5. The summed E-state index contributed by atoms with van der Waals surface area (Å²) in [6.45, 7) is 3.55. The number of aldehydes is 1. The first kappa shape index (κ1) is 27.1. The Labute approximate surface area is 234 Å². The molecule has 4 unspecified atom stereocenters. The van der Waals surface area contributed by atoms with Crippen molar-refractivity contribution in [3.63, 3.8) is 0 Å². The average molecular weight is 546 g/mol. The largest absolute Gasteiger partial charge is 0.385 e. The van der Waals surface area contributed by atoms with Crippen LogP contribution in [0.2, 0.25) is 0 Å². The molecular formula is C32H40FN5O2. The maximum Gasteiger partial charge on any atom is 0.157 e. The van der Waals surface area contributed by atoms with Crippen LogP contribution in [0.15, 0.2) is 42.5 Å². The Balaban J connectivity index is 0.000000221. The smallest absolute Gasteiger partial charge is 0.157 e. The first-order chi connectivity index (χ1) is 19.3. The zero-order valence-electron chi connectivity index (χ0n) is 23.7. The van der Waals surface area contributed by atoms with Gasteiger partial charge in [-0.2, -0.15) is 0 Å². The summed E-state index contributed by atoms with van der Waals surface area (Å²) < 4.78 is 14.1. The van der Waals surface area contributed by atoms with Crippen LogP contribution >= 0.6 is 0 Å². The van der Waals surface area contributed by atoms with Crippen LogP contribution in [0.25, 0.3) is 33.5 Å². The minimum Gasteiger partial charge on any atom is -0.385 e. The molecule has 7 nitrogen and oxygen atoms in total. The van der Waals surface area contributed by atoms with Gasteiger partial charge in [-0.3, -0.25) is 14.1 Å². The van der Waals surface area contributed by atoms with E-state index in [-0.39, 0.29) is 0 Å². The van der Waals surface area contributed by atoms with Gasteiger partial charge in [-0.25, -0.2) is 4.98 Å². The van der Waals surface area contributed by atoms with Gasteiger partial charge in [-0.1, -0.05) is 18.2 Å². The predicted octanol–water partition coefficient (Wildman–Crippen LogP) is 5.26. The molecule has 8 heteroatoms. The van der Waals surface area contributed by atoms with Gasteiger partial charge in [-0.15, -0.1) is 0 Å². The molecule has 1 aliphatic carbocycles. The molecule has 3 aliphatic heterocycles. The first-order valence-corrected chi connectivity index (χ1v) is 14.5. The average Bonchev–Trinajstić information content (AvgIpc) is 3.33. The van der Waals surface area contributed by atoms with Crippen LogP contribution in [0.3, 0.4) is 0 Å². The van der Waals surface area contributed by atoms with Gasteiger partial charge in [0.15, 0.2) is 5.82 Å². The van der Waals surface area contributed by atoms with Gasteiger partial charge in [-0.05, 0) is 82.7 Å². The van der Waals surface area contributed by atoms with Gasteiger partial charge in [0.05, 0.1) is 29.5 Å². The lowest BCUT2D eigenvalue weighted by Gasteiger charge is -2.30. The molecule has 0 spiro atoms. The molecule has 4 atom stereocenters. The Kier molecular flexibility index (Phi) is 7.05. The number of carbonyl (C=O) groups is 1. The van der Waals surface area contributed by atoms with E-state index in [1.807, 2.05) is 19.1 Å². The third-order valence-corrected chi connectivity index (χ3v) is 9.51. The number of nitrogens with zero attached hydrogens (tertiary/aromatic N) is 4. The van der Waals surface area contributed by atoms with Gasteiger partial charge in [0, 0.05) is 53.2 Å². The number of aliphatic hydroxyl groups is 1. The second-order valence-electron chi connectivity index (χ2n) is 12.2. The summed E-state index contributed by atoms with van der Waals surface area (Å²) in [5, 5.41) is 12.2. The number of likely N-dealkylation sites (N-methyl/N-ethyl adjacent to an activating group) is 1. The molecule has 2 saturated heterocycles. The van der Waals surface area contributed by atoms with Crippen molar-refractivity contribution in [1.82, 2.24) is 19.0 Å². The van der Waals surface area contributed by atoms with Crippen LogP contribution in [0, 0.1) is 5.92 Å². The van der Waals surface area contributed by atoms with Crippen LogP contribution in [-0.4, -0.2) is 62.8 Å². The second kappa shape index (κ2) is 10.4. The molecule has 212 valence electrons. The second-order valence-corrected chi connectivity index (χ2v) is 12.2. The molecule has 0 radical (unpaired) electrons. The van der Waals surface area contributed by atoms with Crippen molar-refractivity contribution in [3.05, 3.63) is 53.6 Å². The van der Waals surface area contributed by atoms with Crippen LogP contribution in [0.1, 0.15) is 61.4 Å². The fraction of sp³-hybridized carbons (Fsp3) is 0.500. The fourth-order valence-corrected chi connectivity index (χ4v) is 7.11. The number of imidazole rings is 1. The fourth-order valence-electron chi connectivity index (χ4n) is 7.11. The minimum atomic E-state index is -0.953. The summed E-state index contributed by atoms with van der Waals surface area (Å²) in [5.41, 5.74) is 10.4. The van der Waals surface area contributed by atoms with Crippen molar-refractivity contribution in [1.29, 1.82) is 0 Å². The highest BCUT2D eigenvalue weighted by Gasteiger charge is 2.42. The Morgan fingerprint density at radius 2 is 1.93 bits per heavy atom. The zero-order valence-corrected chi connectivity index (χ0v) is 23.7. The highest BCUT2D eigenvalue weighted by atomic mass is 19.1. The van der Waals surface area contributed by atoms with Crippen molar-refractivity contribution >= 4 is 28.2 Å². The van der Waals surface area contributed by atoms with Gasteiger partial charge < -0.3 is 20.0 Å². The van der Waals surface area contributed by atoms with Crippen LogP contribution in [0.4, 0.5) is 4.39 Å². The van der Waals surface area contributed by atoms with Crippen LogP contribution in [0.5, 0.6) is 0 Å². The van der Waals surface area contributed by atoms with Gasteiger partial charge in [0.1, 0.15) is 6.29 Å². The van der Waals surface area contributed by atoms with E-state index in [9.17, 15) is 14.3 Å². The van der Waals surface area contributed by atoms with E-state index >= 15 is 0 Å². The van der Waals surface area contributed by atoms with Crippen molar-refractivity contribution in [2.45, 2.75) is 82.3 Å². The van der Waals surface area contributed by atoms with E-state index in [0.717, 1.165) is 58.9 Å². The number of hydrogen-bond acceptors (Lipinski definition) is 5. The molecule has 3 fully saturated rings. The lowest BCUT2D eigenvalue weighted by atomic mass is 9.87. The quantitative estimate of drug-likeness (QED) is 0.342. The molecule has 4 aromatic rings. The number of halogens is 1. The summed E-state index contributed by atoms with van der Waals surface area (Å²) in [4.78, 5) is 18.9. The van der Waals surface area contributed by atoms with Gasteiger partial charge >= 0.3 is 0 Å². The number of benzene rings is 2. The zero-order chi connectivity index (χ0) is 28.2. The Bertz CT molecular complexity index is 1550. The number of carbonyl (C=O) groups excluding carboxylic acids is 1. The molecule has 8 rings (SSSR count). The monoisotopic (exact) mass is 545 g/mol. The van der Waals surface area contributed by atoms with E-state index in [1.165, 1.54) is 43.0 Å². The standard InChI is InChI=1S/C24H23N3O2.C7H14N2.CH3F/c1-24(29)8-9-26-22-18(24)10-16(14-28)11-19(22)25-23(26)21-12-17-4-2-3-5-20(17)27(21)13-15-6-7-15;1-9-5-2-3-7(9)6(8)4-5;1-2/h2-5,10-12,14-15,29H,6-9,13H2,1H3;5-7H,2-4,8H2,1H3;1H3. The maximum absolute atomic E-state index is 11.5. The molecule has 40 heavy (non-hydrogen) atoms. The topological polar surface area (TPSA) is 89.3 Å². The summed E-state index contributed by atoms with van der Waals surface area (Å²) >= 11 is 0. The number of fused-ring (bicyclic) bond motifs is 3. The van der Waals surface area contributed by atoms with E-state index < -0.39 is 5.60 Å².